The summed E-state index contributed by atoms with van der Waals surface area (Å²) >= 11 is 0. The highest BCUT2D eigenvalue weighted by atomic mass is 16.5. The maximum atomic E-state index is 5.18. The molecule has 0 atom stereocenters. The van der Waals surface area contributed by atoms with Crippen molar-refractivity contribution in [1.29, 1.82) is 0 Å². The standard InChI is InChI=1S/C20H23N7O/c1-28-17-7-5-16(6-8-17)14-22-20-24-19(15-23-25-20)27-12-10-26(11-13-27)18-4-2-3-9-21-18/h2-9,15H,10-14H2,1H3,(H,22,24,25). The summed E-state index contributed by atoms with van der Waals surface area (Å²) in [5.74, 6) is 3.23. The van der Waals surface area contributed by atoms with Crippen LogP contribution in [-0.4, -0.2) is 53.5 Å². The molecule has 28 heavy (non-hydrogen) atoms. The molecular weight excluding hydrogens is 354 g/mol. The fourth-order valence-electron chi connectivity index (χ4n) is 3.15. The lowest BCUT2D eigenvalue weighted by Gasteiger charge is -2.35. The largest absolute Gasteiger partial charge is 0.497 e. The van der Waals surface area contributed by atoms with E-state index < -0.39 is 0 Å². The highest BCUT2D eigenvalue weighted by Crippen LogP contribution is 2.18. The maximum Gasteiger partial charge on any atom is 0.244 e. The van der Waals surface area contributed by atoms with E-state index >= 15 is 0 Å². The van der Waals surface area contributed by atoms with E-state index in [1.807, 2.05) is 48.7 Å². The fraction of sp³-hybridized carbons (Fsp3) is 0.300. The van der Waals surface area contributed by atoms with Crippen molar-refractivity contribution in [2.75, 3.05) is 48.4 Å². The molecule has 1 fully saturated rings. The Kier molecular flexibility index (Phi) is 5.46. The first-order valence-corrected chi connectivity index (χ1v) is 9.29. The molecule has 4 rings (SSSR count). The molecule has 0 aliphatic carbocycles. The Balaban J connectivity index is 1.34. The lowest BCUT2D eigenvalue weighted by Crippen LogP contribution is -2.47. The molecule has 144 valence electrons. The van der Waals surface area contributed by atoms with Gasteiger partial charge in [0.1, 0.15) is 11.6 Å². The van der Waals surface area contributed by atoms with Crippen LogP contribution >= 0.6 is 0 Å². The number of aromatic nitrogens is 4. The van der Waals surface area contributed by atoms with Gasteiger partial charge in [-0.2, -0.15) is 10.1 Å². The van der Waals surface area contributed by atoms with Gasteiger partial charge in [-0.3, -0.25) is 0 Å². The lowest BCUT2D eigenvalue weighted by molar-refractivity contribution is 0.414. The molecule has 0 radical (unpaired) electrons. The van der Waals surface area contributed by atoms with Gasteiger partial charge >= 0.3 is 0 Å². The zero-order valence-corrected chi connectivity index (χ0v) is 15.8. The van der Waals surface area contributed by atoms with Crippen molar-refractivity contribution in [3.63, 3.8) is 0 Å². The number of anilines is 3. The van der Waals surface area contributed by atoms with Crippen LogP contribution in [0, 0.1) is 0 Å². The first-order valence-electron chi connectivity index (χ1n) is 9.29. The van der Waals surface area contributed by atoms with Crippen LogP contribution < -0.4 is 19.9 Å². The summed E-state index contributed by atoms with van der Waals surface area (Å²) in [5, 5.41) is 11.5. The first-order chi connectivity index (χ1) is 13.8. The van der Waals surface area contributed by atoms with Gasteiger partial charge in [0.15, 0.2) is 5.82 Å². The minimum Gasteiger partial charge on any atom is -0.497 e. The third-order valence-electron chi connectivity index (χ3n) is 4.73. The van der Waals surface area contributed by atoms with E-state index in [0.717, 1.165) is 49.1 Å². The summed E-state index contributed by atoms with van der Waals surface area (Å²) in [6, 6.07) is 13.9. The minimum atomic E-state index is 0.528. The van der Waals surface area contributed by atoms with Crippen LogP contribution in [0.15, 0.2) is 54.9 Å². The van der Waals surface area contributed by atoms with E-state index in [1.54, 1.807) is 13.3 Å². The van der Waals surface area contributed by atoms with Crippen LogP contribution in [0.1, 0.15) is 5.56 Å². The van der Waals surface area contributed by atoms with Crippen molar-refractivity contribution in [2.45, 2.75) is 6.54 Å². The zero-order valence-electron chi connectivity index (χ0n) is 15.8. The Labute approximate surface area is 164 Å². The van der Waals surface area contributed by atoms with E-state index in [1.165, 1.54) is 0 Å². The summed E-state index contributed by atoms with van der Waals surface area (Å²) < 4.78 is 5.18. The molecule has 1 N–H and O–H groups in total. The van der Waals surface area contributed by atoms with E-state index in [0.29, 0.717) is 12.5 Å². The van der Waals surface area contributed by atoms with Crippen molar-refractivity contribution in [2.24, 2.45) is 0 Å². The molecule has 0 amide bonds. The number of nitrogens with one attached hydrogen (secondary N) is 1. The van der Waals surface area contributed by atoms with E-state index in [2.05, 4.69) is 35.3 Å². The highest BCUT2D eigenvalue weighted by Gasteiger charge is 2.19. The van der Waals surface area contributed by atoms with Crippen molar-refractivity contribution in [1.82, 2.24) is 20.2 Å². The predicted octanol–water partition coefficient (Wildman–Crippen LogP) is 2.21. The molecule has 8 heteroatoms. The lowest BCUT2D eigenvalue weighted by atomic mass is 10.2. The Bertz CT molecular complexity index is 881. The molecule has 1 aliphatic rings. The van der Waals surface area contributed by atoms with Crippen molar-refractivity contribution in [3.05, 3.63) is 60.4 Å². The van der Waals surface area contributed by atoms with Crippen LogP contribution in [0.5, 0.6) is 5.75 Å². The summed E-state index contributed by atoms with van der Waals surface area (Å²) in [5.41, 5.74) is 1.12. The number of pyridine rings is 1. The molecule has 0 saturated carbocycles. The molecule has 0 unspecified atom stereocenters. The molecular formula is C20H23N7O. The number of nitrogens with zero attached hydrogens (tertiary/aromatic N) is 6. The average Bonchev–Trinajstić information content (AvgIpc) is 2.79. The molecule has 1 aliphatic heterocycles. The molecule has 8 nitrogen and oxygen atoms in total. The quantitative estimate of drug-likeness (QED) is 0.700. The molecule has 0 spiro atoms. The molecule has 3 heterocycles. The second-order valence-corrected chi connectivity index (χ2v) is 6.50. The van der Waals surface area contributed by atoms with E-state index in [-0.39, 0.29) is 0 Å². The zero-order chi connectivity index (χ0) is 19.2. The number of hydrogen-bond donors (Lipinski definition) is 1. The summed E-state index contributed by atoms with van der Waals surface area (Å²) in [7, 11) is 1.66. The van der Waals surface area contributed by atoms with Gasteiger partial charge in [-0.25, -0.2) is 4.98 Å². The number of ether oxygens (including phenoxy) is 1. The van der Waals surface area contributed by atoms with Crippen molar-refractivity contribution < 1.29 is 4.74 Å². The van der Waals surface area contributed by atoms with Gasteiger partial charge in [0.25, 0.3) is 0 Å². The van der Waals surface area contributed by atoms with Crippen molar-refractivity contribution >= 4 is 17.6 Å². The number of benzene rings is 1. The Morgan fingerprint density at radius 2 is 1.71 bits per heavy atom. The Morgan fingerprint density at radius 3 is 2.39 bits per heavy atom. The van der Waals surface area contributed by atoms with Gasteiger partial charge in [-0.1, -0.05) is 18.2 Å². The second-order valence-electron chi connectivity index (χ2n) is 6.50. The van der Waals surface area contributed by atoms with Crippen LogP contribution in [0.4, 0.5) is 17.6 Å². The van der Waals surface area contributed by atoms with Crippen LogP contribution in [0.3, 0.4) is 0 Å². The molecule has 1 aromatic carbocycles. The van der Waals surface area contributed by atoms with Gasteiger partial charge < -0.3 is 19.9 Å². The molecule has 1 saturated heterocycles. The van der Waals surface area contributed by atoms with Crippen LogP contribution in [-0.2, 0) is 6.54 Å². The summed E-state index contributed by atoms with van der Waals surface area (Å²) in [6.07, 6.45) is 3.55. The topological polar surface area (TPSA) is 79.3 Å². The summed E-state index contributed by atoms with van der Waals surface area (Å²) in [4.78, 5) is 13.6. The normalized spacial score (nSPS) is 14.0. The van der Waals surface area contributed by atoms with Crippen LogP contribution in [0.2, 0.25) is 0 Å². The summed E-state index contributed by atoms with van der Waals surface area (Å²) in [6.45, 7) is 4.16. The van der Waals surface area contributed by atoms with Crippen LogP contribution in [0.25, 0.3) is 0 Å². The van der Waals surface area contributed by atoms with Gasteiger partial charge in [0.05, 0.1) is 13.3 Å². The van der Waals surface area contributed by atoms with Gasteiger partial charge in [-0.15, -0.1) is 5.10 Å². The average molecular weight is 377 g/mol. The predicted molar refractivity (Wildman–Crippen MR) is 109 cm³/mol. The number of methoxy groups -OCH3 is 1. The van der Waals surface area contributed by atoms with E-state index in [4.69, 9.17) is 4.74 Å². The molecule has 3 aromatic rings. The van der Waals surface area contributed by atoms with Gasteiger partial charge in [0, 0.05) is 38.9 Å². The third-order valence-corrected chi connectivity index (χ3v) is 4.73. The highest BCUT2D eigenvalue weighted by molar-refractivity contribution is 5.45. The van der Waals surface area contributed by atoms with E-state index in [9.17, 15) is 0 Å². The third kappa shape index (κ3) is 4.28. The van der Waals surface area contributed by atoms with Gasteiger partial charge in [0.2, 0.25) is 5.95 Å². The smallest absolute Gasteiger partial charge is 0.244 e. The minimum absolute atomic E-state index is 0.528. The molecule has 0 bridgehead atoms. The monoisotopic (exact) mass is 377 g/mol. The first kappa shape index (κ1) is 18.0. The second kappa shape index (κ2) is 8.51. The Hall–Kier alpha value is -3.42. The fourth-order valence-corrected chi connectivity index (χ4v) is 3.15. The molecule has 2 aromatic heterocycles. The van der Waals surface area contributed by atoms with Gasteiger partial charge in [-0.05, 0) is 29.8 Å². The maximum absolute atomic E-state index is 5.18. The SMILES string of the molecule is COc1ccc(CNc2nncc(N3CCN(c4ccccn4)CC3)n2)cc1. The number of hydrogen-bond acceptors (Lipinski definition) is 8. The Morgan fingerprint density at radius 1 is 0.964 bits per heavy atom. The number of rotatable bonds is 6. The number of piperazine rings is 1. The van der Waals surface area contributed by atoms with Crippen molar-refractivity contribution in [3.8, 4) is 5.75 Å².